The first-order chi connectivity index (χ1) is 18.2. The molecule has 13 heteroatoms. The first-order valence-electron chi connectivity index (χ1n) is 12.3. The second kappa shape index (κ2) is 10.6. The van der Waals surface area contributed by atoms with Crippen LogP contribution in [0.3, 0.4) is 0 Å². The number of pyridine rings is 1. The van der Waals surface area contributed by atoms with Gasteiger partial charge in [-0.05, 0) is 31.5 Å². The Hall–Kier alpha value is -3.63. The van der Waals surface area contributed by atoms with E-state index in [0.717, 1.165) is 0 Å². The highest BCUT2D eigenvalue weighted by Gasteiger charge is 2.32. The van der Waals surface area contributed by atoms with Crippen molar-refractivity contribution in [2.24, 2.45) is 0 Å². The number of halogens is 4. The normalized spacial score (nSPS) is 20.0. The topological polar surface area (TPSA) is 88.7 Å². The van der Waals surface area contributed by atoms with Crippen LogP contribution < -0.4 is 10.6 Å². The van der Waals surface area contributed by atoms with E-state index in [4.69, 9.17) is 4.74 Å². The van der Waals surface area contributed by atoms with Crippen LogP contribution in [0.1, 0.15) is 33.7 Å². The van der Waals surface area contributed by atoms with E-state index in [1.54, 1.807) is 16.8 Å². The van der Waals surface area contributed by atoms with E-state index < -0.39 is 30.7 Å². The number of amides is 1. The first kappa shape index (κ1) is 26.0. The van der Waals surface area contributed by atoms with E-state index in [2.05, 4.69) is 32.7 Å². The summed E-state index contributed by atoms with van der Waals surface area (Å²) < 4.78 is 63.4. The largest absolute Gasteiger partial charge is 0.393 e. The fourth-order valence-electron chi connectivity index (χ4n) is 4.73. The number of hydrogen-bond acceptors (Lipinski definition) is 6. The zero-order chi connectivity index (χ0) is 26.9. The zero-order valence-corrected chi connectivity index (χ0v) is 20.7. The van der Waals surface area contributed by atoms with Gasteiger partial charge in [0.1, 0.15) is 17.7 Å². The minimum atomic E-state index is -4.49. The van der Waals surface area contributed by atoms with Gasteiger partial charge in [-0.15, -0.1) is 0 Å². The Balaban J connectivity index is 1.37. The van der Waals surface area contributed by atoms with Gasteiger partial charge in [0.25, 0.3) is 5.91 Å². The molecule has 2 aliphatic rings. The lowest BCUT2D eigenvalue weighted by atomic mass is 10.0. The number of ether oxygens (including phenoxy) is 1. The lowest BCUT2D eigenvalue weighted by molar-refractivity contribution is -0.127. The van der Waals surface area contributed by atoms with E-state index >= 15 is 0 Å². The molecule has 3 aromatic heterocycles. The van der Waals surface area contributed by atoms with Crippen LogP contribution in [0.4, 0.5) is 23.4 Å². The first-order valence-corrected chi connectivity index (χ1v) is 12.3. The summed E-state index contributed by atoms with van der Waals surface area (Å²) in [5.41, 5.74) is 1.13. The van der Waals surface area contributed by atoms with Gasteiger partial charge in [-0.3, -0.25) is 9.48 Å². The van der Waals surface area contributed by atoms with Crippen LogP contribution in [-0.4, -0.2) is 81.9 Å². The van der Waals surface area contributed by atoms with Gasteiger partial charge in [0.15, 0.2) is 0 Å². The van der Waals surface area contributed by atoms with Gasteiger partial charge in [0, 0.05) is 18.7 Å². The van der Waals surface area contributed by atoms with Gasteiger partial charge in [0.2, 0.25) is 0 Å². The van der Waals surface area contributed by atoms with Gasteiger partial charge in [-0.1, -0.05) is 12.0 Å². The van der Waals surface area contributed by atoms with Crippen molar-refractivity contribution in [1.82, 2.24) is 29.6 Å². The van der Waals surface area contributed by atoms with Crippen molar-refractivity contribution in [2.75, 3.05) is 38.6 Å². The molecule has 5 heterocycles. The van der Waals surface area contributed by atoms with Gasteiger partial charge in [-0.2, -0.15) is 23.4 Å². The molecule has 5 rings (SSSR count). The van der Waals surface area contributed by atoms with Crippen molar-refractivity contribution < 1.29 is 27.1 Å². The average Bonchev–Trinajstić information content (AvgIpc) is 3.45. The molecule has 1 amide bonds. The van der Waals surface area contributed by atoms with Crippen molar-refractivity contribution in [3.8, 4) is 11.8 Å². The molecule has 0 aliphatic carbocycles. The van der Waals surface area contributed by atoms with Gasteiger partial charge < -0.3 is 20.3 Å². The van der Waals surface area contributed by atoms with Crippen LogP contribution in [-0.2, 0) is 24.3 Å². The summed E-state index contributed by atoms with van der Waals surface area (Å²) in [6.07, 6.45) is -4.84. The fourth-order valence-corrected chi connectivity index (χ4v) is 4.73. The number of rotatable bonds is 5. The highest BCUT2D eigenvalue weighted by molar-refractivity contribution is 5.95. The molecule has 0 saturated carbocycles. The predicted molar refractivity (Wildman–Crippen MR) is 130 cm³/mol. The lowest BCUT2D eigenvalue weighted by Gasteiger charge is -2.33. The number of hydrogen-bond donors (Lipinski definition) is 2. The Morgan fingerprint density at radius 2 is 2.13 bits per heavy atom. The number of nitrogens with zero attached hydrogens (tertiary/aromatic N) is 5. The molecule has 0 unspecified atom stereocenters. The molecule has 9 nitrogen and oxygen atoms in total. The summed E-state index contributed by atoms with van der Waals surface area (Å²) in [5.74, 6) is 5.37. The van der Waals surface area contributed by atoms with Crippen LogP contribution in [0.2, 0.25) is 0 Å². The number of anilines is 1. The Morgan fingerprint density at radius 1 is 1.29 bits per heavy atom. The third-order valence-electron chi connectivity index (χ3n) is 6.64. The van der Waals surface area contributed by atoms with E-state index in [0.29, 0.717) is 43.2 Å². The number of carbonyl (C=O) groups excluding carboxylic acids is 1. The number of carbonyl (C=O) groups is 1. The number of alkyl halides is 4. The molecule has 1 saturated heterocycles. The van der Waals surface area contributed by atoms with Gasteiger partial charge >= 0.3 is 6.18 Å². The van der Waals surface area contributed by atoms with E-state index in [-0.39, 0.29) is 36.5 Å². The Labute approximate surface area is 216 Å². The summed E-state index contributed by atoms with van der Waals surface area (Å²) >= 11 is 0. The minimum Gasteiger partial charge on any atom is -0.373 e. The minimum absolute atomic E-state index is 0.0534. The van der Waals surface area contributed by atoms with E-state index in [1.807, 2.05) is 11.9 Å². The smallest absolute Gasteiger partial charge is 0.373 e. The summed E-state index contributed by atoms with van der Waals surface area (Å²) in [4.78, 5) is 14.5. The van der Waals surface area contributed by atoms with Crippen molar-refractivity contribution in [2.45, 2.75) is 44.4 Å². The summed E-state index contributed by atoms with van der Waals surface area (Å²) in [6.45, 7) is 2.21. The van der Waals surface area contributed by atoms with Gasteiger partial charge in [-0.25, -0.2) is 8.91 Å². The van der Waals surface area contributed by atoms with Crippen molar-refractivity contribution >= 4 is 17.2 Å². The Morgan fingerprint density at radius 3 is 2.92 bits per heavy atom. The Bertz CT molecular complexity index is 1390. The molecular weight excluding hydrogens is 506 g/mol. The monoisotopic (exact) mass is 533 g/mol. The number of likely N-dealkylation sites (tertiary alicyclic amines) is 1. The molecule has 2 N–H and O–H groups in total. The third-order valence-corrected chi connectivity index (χ3v) is 6.64. The maximum atomic E-state index is 14.6. The second-order valence-electron chi connectivity index (χ2n) is 9.41. The summed E-state index contributed by atoms with van der Waals surface area (Å²) in [6, 6.07) is 4.29. The molecule has 38 heavy (non-hydrogen) atoms. The molecule has 0 radical (unpaired) electrons. The van der Waals surface area contributed by atoms with Crippen LogP contribution in [0.25, 0.3) is 5.52 Å². The molecule has 0 bridgehead atoms. The predicted octanol–water partition coefficient (Wildman–Crippen LogP) is 2.40. The second-order valence-corrected chi connectivity index (χ2v) is 9.41. The van der Waals surface area contributed by atoms with E-state index in [9.17, 15) is 22.4 Å². The quantitative estimate of drug-likeness (QED) is 0.387. The highest BCUT2D eigenvalue weighted by Crippen LogP contribution is 2.28. The molecular formula is C25H27F4N7O2. The SMILES string of the molecule is CN1CC[C@@H](Nc2cccc3c(CC(F)(F)F)c(C#CCNC(=O)c4cnn5c4COCC5)nn23)[C@@H](F)C1. The summed E-state index contributed by atoms with van der Waals surface area (Å²) in [7, 11) is 1.84. The molecule has 0 spiro atoms. The zero-order valence-electron chi connectivity index (χ0n) is 20.7. The van der Waals surface area contributed by atoms with Crippen LogP contribution >= 0.6 is 0 Å². The van der Waals surface area contributed by atoms with Crippen LogP contribution in [0.5, 0.6) is 0 Å². The molecule has 2 aliphatic heterocycles. The van der Waals surface area contributed by atoms with Crippen molar-refractivity contribution in [3.63, 3.8) is 0 Å². The summed E-state index contributed by atoms with van der Waals surface area (Å²) in [5, 5.41) is 14.3. The van der Waals surface area contributed by atoms with Crippen LogP contribution in [0.15, 0.2) is 24.4 Å². The Kier molecular flexibility index (Phi) is 7.27. The number of aromatic nitrogens is 4. The molecule has 202 valence electrons. The highest BCUT2D eigenvalue weighted by atomic mass is 19.4. The molecule has 2 atom stereocenters. The van der Waals surface area contributed by atoms with Gasteiger partial charge in [0.05, 0.1) is 61.7 Å². The molecule has 1 fully saturated rings. The standard InChI is InChI=1S/C25H27F4N7O2/c1-34-9-7-20(18(26)14-34)32-23-6-2-5-21-16(12-25(27,28)29)19(33-36(21)23)4-3-8-30-24(37)17-13-31-35-10-11-38-15-22(17)35/h2,5-6,13,18,20,32H,7-12,14-15H2,1H3,(H,30,37)/t18-,20+/m0/s1. The van der Waals surface area contributed by atoms with Crippen molar-refractivity contribution in [3.05, 3.63) is 46.9 Å². The fraction of sp³-hybridized carbons (Fsp3) is 0.480. The molecule has 0 aromatic carbocycles. The molecule has 3 aromatic rings. The maximum Gasteiger partial charge on any atom is 0.393 e. The van der Waals surface area contributed by atoms with Crippen molar-refractivity contribution in [1.29, 1.82) is 0 Å². The number of piperidine rings is 1. The van der Waals surface area contributed by atoms with Crippen LogP contribution in [0, 0.1) is 11.8 Å². The third kappa shape index (κ3) is 5.61. The average molecular weight is 534 g/mol. The number of nitrogens with one attached hydrogen (secondary N) is 2. The number of fused-ring (bicyclic) bond motifs is 2. The maximum absolute atomic E-state index is 14.6. The van der Waals surface area contributed by atoms with E-state index in [1.165, 1.54) is 16.8 Å². The lowest BCUT2D eigenvalue weighted by Crippen LogP contribution is -2.46.